The van der Waals surface area contributed by atoms with Crippen molar-refractivity contribution < 1.29 is 14.6 Å². The van der Waals surface area contributed by atoms with Crippen LogP contribution < -0.4 is 9.64 Å². The minimum absolute atomic E-state index is 0.0796. The van der Waals surface area contributed by atoms with Gasteiger partial charge >= 0.3 is 5.97 Å². The molecule has 0 aliphatic rings. The van der Waals surface area contributed by atoms with Crippen molar-refractivity contribution in [1.82, 2.24) is 4.98 Å². The summed E-state index contributed by atoms with van der Waals surface area (Å²) in [6, 6.07) is 3.56. The second-order valence-corrected chi connectivity index (χ2v) is 3.09. The van der Waals surface area contributed by atoms with Gasteiger partial charge in [-0.25, -0.2) is 4.98 Å². The zero-order valence-corrected chi connectivity index (χ0v) is 8.80. The standard InChI is InChI=1S/C10H14N2O3/c1-12(7-5-9(13)14)10-8(15-2)4-3-6-11-10/h3-4,6H,5,7H2,1-2H3,(H,13,14). The molecule has 82 valence electrons. The smallest absolute Gasteiger partial charge is 0.305 e. The Morgan fingerprint density at radius 3 is 3.00 bits per heavy atom. The van der Waals surface area contributed by atoms with Gasteiger partial charge in [0.1, 0.15) is 0 Å². The summed E-state index contributed by atoms with van der Waals surface area (Å²) in [4.78, 5) is 16.3. The van der Waals surface area contributed by atoms with Crippen LogP contribution in [0.4, 0.5) is 5.82 Å². The van der Waals surface area contributed by atoms with Crippen molar-refractivity contribution >= 4 is 11.8 Å². The summed E-state index contributed by atoms with van der Waals surface area (Å²) in [6.07, 6.45) is 1.73. The lowest BCUT2D eigenvalue weighted by atomic mass is 10.3. The first-order valence-electron chi connectivity index (χ1n) is 4.57. The van der Waals surface area contributed by atoms with Crippen molar-refractivity contribution in [3.63, 3.8) is 0 Å². The van der Waals surface area contributed by atoms with Crippen molar-refractivity contribution in [2.24, 2.45) is 0 Å². The van der Waals surface area contributed by atoms with Crippen LogP contribution in [0.2, 0.25) is 0 Å². The van der Waals surface area contributed by atoms with E-state index >= 15 is 0 Å². The van der Waals surface area contributed by atoms with Crippen LogP contribution in [0.1, 0.15) is 6.42 Å². The maximum absolute atomic E-state index is 10.4. The topological polar surface area (TPSA) is 62.7 Å². The lowest BCUT2D eigenvalue weighted by molar-refractivity contribution is -0.136. The predicted molar refractivity (Wildman–Crippen MR) is 56.3 cm³/mol. The summed E-state index contributed by atoms with van der Waals surface area (Å²) in [5.74, 6) is 0.475. The number of hydrogen-bond donors (Lipinski definition) is 1. The fraction of sp³-hybridized carbons (Fsp3) is 0.400. The molecule has 1 N–H and O–H groups in total. The molecule has 5 heteroatoms. The number of carboxylic acids is 1. The minimum atomic E-state index is -0.822. The van der Waals surface area contributed by atoms with Gasteiger partial charge in [-0.2, -0.15) is 0 Å². The van der Waals surface area contributed by atoms with E-state index < -0.39 is 5.97 Å². The van der Waals surface area contributed by atoms with Gasteiger partial charge in [-0.05, 0) is 12.1 Å². The lowest BCUT2D eigenvalue weighted by Crippen LogP contribution is -2.22. The monoisotopic (exact) mass is 210 g/mol. The Bertz CT molecular complexity index is 341. The van der Waals surface area contributed by atoms with E-state index in [-0.39, 0.29) is 6.42 Å². The van der Waals surface area contributed by atoms with E-state index in [1.165, 1.54) is 0 Å². The predicted octanol–water partition coefficient (Wildman–Crippen LogP) is 1.00. The summed E-state index contributed by atoms with van der Waals surface area (Å²) in [7, 11) is 3.35. The normalized spacial score (nSPS) is 9.73. The van der Waals surface area contributed by atoms with Crippen LogP contribution in [-0.2, 0) is 4.79 Å². The van der Waals surface area contributed by atoms with Gasteiger partial charge in [0.15, 0.2) is 11.6 Å². The molecule has 0 unspecified atom stereocenters. The van der Waals surface area contributed by atoms with Crippen molar-refractivity contribution in [1.29, 1.82) is 0 Å². The van der Waals surface area contributed by atoms with Crippen LogP contribution in [-0.4, -0.2) is 36.8 Å². The van der Waals surface area contributed by atoms with Crippen LogP contribution >= 0.6 is 0 Å². The Labute approximate surface area is 88.3 Å². The van der Waals surface area contributed by atoms with Crippen molar-refractivity contribution in [3.05, 3.63) is 18.3 Å². The van der Waals surface area contributed by atoms with Crippen LogP contribution in [0.25, 0.3) is 0 Å². The third kappa shape index (κ3) is 3.12. The molecule has 1 heterocycles. The number of ether oxygens (including phenoxy) is 1. The van der Waals surface area contributed by atoms with Gasteiger partial charge < -0.3 is 14.7 Å². The van der Waals surface area contributed by atoms with Crippen LogP contribution in [0.3, 0.4) is 0 Å². The highest BCUT2D eigenvalue weighted by Gasteiger charge is 2.09. The molecule has 5 nitrogen and oxygen atoms in total. The van der Waals surface area contributed by atoms with E-state index in [9.17, 15) is 4.79 Å². The Hall–Kier alpha value is -1.78. The average molecular weight is 210 g/mol. The Morgan fingerprint density at radius 1 is 1.67 bits per heavy atom. The number of aliphatic carboxylic acids is 1. The highest BCUT2D eigenvalue weighted by molar-refractivity contribution is 5.67. The molecule has 0 aromatic carbocycles. The largest absolute Gasteiger partial charge is 0.493 e. The first-order chi connectivity index (χ1) is 7.15. The highest BCUT2D eigenvalue weighted by Crippen LogP contribution is 2.23. The average Bonchev–Trinajstić information content (AvgIpc) is 2.25. The third-order valence-corrected chi connectivity index (χ3v) is 1.99. The molecule has 0 aliphatic heterocycles. The second kappa shape index (κ2) is 5.19. The number of pyridine rings is 1. The fourth-order valence-electron chi connectivity index (χ4n) is 1.20. The van der Waals surface area contributed by atoms with Gasteiger partial charge in [0.05, 0.1) is 13.5 Å². The van der Waals surface area contributed by atoms with Gasteiger partial charge in [0.2, 0.25) is 0 Å². The Balaban J connectivity index is 2.72. The zero-order valence-electron chi connectivity index (χ0n) is 8.80. The first-order valence-corrected chi connectivity index (χ1v) is 4.57. The maximum Gasteiger partial charge on any atom is 0.305 e. The Morgan fingerprint density at radius 2 is 2.40 bits per heavy atom. The summed E-state index contributed by atoms with van der Waals surface area (Å²) in [6.45, 7) is 0.405. The first kappa shape index (κ1) is 11.3. The molecule has 0 fully saturated rings. The van der Waals surface area contributed by atoms with Crippen molar-refractivity contribution in [2.45, 2.75) is 6.42 Å². The molecule has 0 atom stereocenters. The van der Waals surface area contributed by atoms with Crippen molar-refractivity contribution in [2.75, 3.05) is 25.6 Å². The van der Waals surface area contributed by atoms with E-state index in [4.69, 9.17) is 9.84 Å². The van der Waals surface area contributed by atoms with E-state index in [2.05, 4.69) is 4.98 Å². The molecule has 0 amide bonds. The number of anilines is 1. The van der Waals surface area contributed by atoms with E-state index in [0.717, 1.165) is 0 Å². The minimum Gasteiger partial charge on any atom is -0.493 e. The maximum atomic E-state index is 10.4. The van der Waals surface area contributed by atoms with Gasteiger partial charge in [-0.15, -0.1) is 0 Å². The number of carbonyl (C=O) groups is 1. The van der Waals surface area contributed by atoms with Gasteiger partial charge in [-0.3, -0.25) is 4.79 Å². The number of carboxylic acid groups (broad SMARTS) is 1. The van der Waals surface area contributed by atoms with E-state index in [1.54, 1.807) is 37.4 Å². The zero-order chi connectivity index (χ0) is 11.3. The number of aromatic nitrogens is 1. The molecule has 15 heavy (non-hydrogen) atoms. The lowest BCUT2D eigenvalue weighted by Gasteiger charge is -2.19. The number of hydrogen-bond acceptors (Lipinski definition) is 4. The molecule has 0 aliphatic carbocycles. The second-order valence-electron chi connectivity index (χ2n) is 3.09. The van der Waals surface area contributed by atoms with Crippen LogP contribution in [0.15, 0.2) is 18.3 Å². The van der Waals surface area contributed by atoms with Crippen molar-refractivity contribution in [3.8, 4) is 5.75 Å². The van der Waals surface area contributed by atoms with Crippen LogP contribution in [0.5, 0.6) is 5.75 Å². The third-order valence-electron chi connectivity index (χ3n) is 1.99. The summed E-state index contributed by atoms with van der Waals surface area (Å²) < 4.78 is 5.12. The summed E-state index contributed by atoms with van der Waals surface area (Å²) in [5, 5.41) is 8.56. The summed E-state index contributed by atoms with van der Waals surface area (Å²) in [5.41, 5.74) is 0. The van der Waals surface area contributed by atoms with E-state index in [1.807, 2.05) is 0 Å². The molecule has 0 bridgehead atoms. The summed E-state index contributed by atoms with van der Waals surface area (Å²) >= 11 is 0. The molecule has 0 saturated heterocycles. The Kier molecular flexibility index (Phi) is 3.91. The van der Waals surface area contributed by atoms with Gasteiger partial charge in [0.25, 0.3) is 0 Å². The fourth-order valence-corrected chi connectivity index (χ4v) is 1.20. The SMILES string of the molecule is COc1cccnc1N(C)CCC(=O)O. The number of methoxy groups -OCH3 is 1. The van der Waals surface area contributed by atoms with E-state index in [0.29, 0.717) is 18.1 Å². The van der Waals surface area contributed by atoms with Gasteiger partial charge in [0, 0.05) is 19.8 Å². The molecule has 1 rings (SSSR count). The number of nitrogens with zero attached hydrogens (tertiary/aromatic N) is 2. The highest BCUT2D eigenvalue weighted by atomic mass is 16.5. The molecule has 0 radical (unpaired) electrons. The molecule has 1 aromatic heterocycles. The molecular weight excluding hydrogens is 196 g/mol. The molecule has 0 saturated carbocycles. The molecule has 0 spiro atoms. The van der Waals surface area contributed by atoms with Crippen LogP contribution in [0, 0.1) is 0 Å². The quantitative estimate of drug-likeness (QED) is 0.785. The number of rotatable bonds is 5. The van der Waals surface area contributed by atoms with Gasteiger partial charge in [-0.1, -0.05) is 0 Å². The molecular formula is C10H14N2O3. The molecule has 1 aromatic rings.